The molecule has 4 rings (SSSR count). The number of benzene rings is 1. The number of carboxylic acid groups (broad SMARTS) is 1. The molecule has 4 bridgehead atoms. The van der Waals surface area contributed by atoms with E-state index in [0.29, 0.717) is 23.8 Å². The topological polar surface area (TPSA) is 113 Å². The van der Waals surface area contributed by atoms with Crippen molar-refractivity contribution < 1.29 is 19.4 Å². The SMILES string of the molecule is CC.O=C(O)c1ccc2c(c1)NC(=O)C1CSC(=N1)c1ccnc(c1)NCCCCCO2. The average Bonchev–Trinajstić information content (AvgIpc) is 3.31. The molecule has 0 spiro atoms. The monoisotopic (exact) mass is 456 g/mol. The lowest BCUT2D eigenvalue weighted by Gasteiger charge is -2.15. The number of ether oxygens (including phenoxy) is 1. The summed E-state index contributed by atoms with van der Waals surface area (Å²) in [6.07, 6.45) is 4.51. The van der Waals surface area contributed by atoms with Gasteiger partial charge in [-0.2, -0.15) is 0 Å². The summed E-state index contributed by atoms with van der Waals surface area (Å²) in [4.78, 5) is 33.1. The Bertz CT molecular complexity index is 996. The lowest BCUT2D eigenvalue weighted by atomic mass is 10.1. The van der Waals surface area contributed by atoms with Gasteiger partial charge in [0.1, 0.15) is 17.6 Å². The molecule has 0 saturated carbocycles. The van der Waals surface area contributed by atoms with E-state index in [9.17, 15) is 14.7 Å². The number of pyridine rings is 1. The molecule has 1 unspecified atom stereocenters. The van der Waals surface area contributed by atoms with Crippen molar-refractivity contribution in [3.63, 3.8) is 0 Å². The molecule has 1 aromatic heterocycles. The van der Waals surface area contributed by atoms with E-state index in [1.54, 1.807) is 12.3 Å². The normalized spacial score (nSPS) is 18.4. The highest BCUT2D eigenvalue weighted by atomic mass is 32.2. The van der Waals surface area contributed by atoms with Gasteiger partial charge in [-0.1, -0.05) is 13.8 Å². The van der Waals surface area contributed by atoms with E-state index in [4.69, 9.17) is 4.74 Å². The van der Waals surface area contributed by atoms with E-state index in [1.807, 2.05) is 26.0 Å². The molecule has 8 nitrogen and oxygen atoms in total. The van der Waals surface area contributed by atoms with Crippen LogP contribution in [0.5, 0.6) is 5.75 Å². The van der Waals surface area contributed by atoms with Crippen molar-refractivity contribution in [2.75, 3.05) is 29.5 Å². The van der Waals surface area contributed by atoms with E-state index >= 15 is 0 Å². The largest absolute Gasteiger partial charge is 0.491 e. The van der Waals surface area contributed by atoms with E-state index in [1.165, 1.54) is 23.9 Å². The maximum Gasteiger partial charge on any atom is 0.335 e. The first kappa shape index (κ1) is 23.6. The van der Waals surface area contributed by atoms with Crippen molar-refractivity contribution in [1.82, 2.24) is 4.98 Å². The third kappa shape index (κ3) is 6.00. The number of aromatic nitrogens is 1. The Morgan fingerprint density at radius 3 is 2.84 bits per heavy atom. The smallest absolute Gasteiger partial charge is 0.335 e. The minimum Gasteiger partial charge on any atom is -0.491 e. The maximum absolute atomic E-state index is 12.8. The van der Waals surface area contributed by atoms with Gasteiger partial charge in [-0.05, 0) is 49.6 Å². The number of aliphatic imine (C=N–C) groups is 1. The van der Waals surface area contributed by atoms with Gasteiger partial charge in [0.2, 0.25) is 5.91 Å². The van der Waals surface area contributed by atoms with E-state index < -0.39 is 12.0 Å². The number of carboxylic acids is 1. The second-order valence-corrected chi connectivity index (χ2v) is 8.04. The van der Waals surface area contributed by atoms with Crippen molar-refractivity contribution in [2.45, 2.75) is 39.2 Å². The number of hydrogen-bond donors (Lipinski definition) is 3. The minimum absolute atomic E-state index is 0.0870. The molecule has 0 saturated heterocycles. The Balaban J connectivity index is 0.00000141. The van der Waals surface area contributed by atoms with Crippen molar-refractivity contribution in [1.29, 1.82) is 0 Å². The Morgan fingerprint density at radius 2 is 2.03 bits per heavy atom. The van der Waals surface area contributed by atoms with Gasteiger partial charge in [-0.25, -0.2) is 9.78 Å². The highest BCUT2D eigenvalue weighted by Crippen LogP contribution is 2.29. The van der Waals surface area contributed by atoms with Crippen LogP contribution in [0.3, 0.4) is 0 Å². The summed E-state index contributed by atoms with van der Waals surface area (Å²) in [5.74, 6) is 0.412. The first-order chi connectivity index (χ1) is 15.6. The summed E-state index contributed by atoms with van der Waals surface area (Å²) in [6, 6.07) is 7.75. The van der Waals surface area contributed by atoms with Crippen molar-refractivity contribution >= 4 is 40.2 Å². The molecule has 170 valence electrons. The molecule has 2 aromatic rings. The van der Waals surface area contributed by atoms with Gasteiger partial charge in [0.15, 0.2) is 0 Å². The van der Waals surface area contributed by atoms with Crippen molar-refractivity contribution in [2.24, 2.45) is 4.99 Å². The second kappa shape index (κ2) is 11.5. The van der Waals surface area contributed by atoms with Crippen LogP contribution in [-0.4, -0.2) is 52.0 Å². The zero-order chi connectivity index (χ0) is 22.9. The summed E-state index contributed by atoms with van der Waals surface area (Å²) < 4.78 is 5.83. The molecule has 3 N–H and O–H groups in total. The molecule has 0 aliphatic carbocycles. The Morgan fingerprint density at radius 1 is 1.19 bits per heavy atom. The predicted molar refractivity (Wildman–Crippen MR) is 128 cm³/mol. The number of carbonyl (C=O) groups is 2. The molecule has 3 heterocycles. The molecule has 0 fully saturated rings. The standard InChI is InChI=1S/C21H22N4O4S.C2H6/c26-19-16-12-30-20(25-16)13-6-8-23-18(11-13)22-7-2-1-3-9-29-17-5-4-14(21(27)28)10-15(17)24-19;1-2/h4-6,8,10-11,16H,1-3,7,9,12H2,(H,22,23)(H,24,26)(H,27,28);1-2H3. The number of fused-ring (bicyclic) bond motifs is 5. The van der Waals surface area contributed by atoms with Crippen LogP contribution >= 0.6 is 11.8 Å². The molecular weight excluding hydrogens is 428 g/mol. The lowest BCUT2D eigenvalue weighted by molar-refractivity contribution is -0.116. The van der Waals surface area contributed by atoms with Crippen LogP contribution in [-0.2, 0) is 4.79 Å². The maximum atomic E-state index is 12.8. The van der Waals surface area contributed by atoms with Crippen molar-refractivity contribution in [3.05, 3.63) is 47.7 Å². The fraction of sp³-hybridized carbons (Fsp3) is 0.391. The van der Waals surface area contributed by atoms with Gasteiger partial charge in [0.05, 0.1) is 22.9 Å². The average molecular weight is 457 g/mol. The fourth-order valence-corrected chi connectivity index (χ4v) is 4.27. The minimum atomic E-state index is -1.06. The fourth-order valence-electron chi connectivity index (χ4n) is 3.23. The van der Waals surface area contributed by atoms with Crippen LogP contribution in [0.1, 0.15) is 49.0 Å². The van der Waals surface area contributed by atoms with Gasteiger partial charge in [0.25, 0.3) is 0 Å². The van der Waals surface area contributed by atoms with Gasteiger partial charge in [-0.3, -0.25) is 9.79 Å². The molecule has 2 aliphatic rings. The number of nitrogens with zero attached hydrogens (tertiary/aromatic N) is 2. The summed E-state index contributed by atoms with van der Waals surface area (Å²) >= 11 is 1.52. The summed E-state index contributed by atoms with van der Waals surface area (Å²) in [5.41, 5.74) is 1.36. The summed E-state index contributed by atoms with van der Waals surface area (Å²) in [6.45, 7) is 5.28. The Labute approximate surface area is 191 Å². The molecule has 0 radical (unpaired) electrons. The Kier molecular flexibility index (Phi) is 8.49. The van der Waals surface area contributed by atoms with Crippen LogP contribution in [0.2, 0.25) is 0 Å². The Hall–Kier alpha value is -3.07. The van der Waals surface area contributed by atoms with Crippen LogP contribution in [0.15, 0.2) is 41.5 Å². The third-order valence-electron chi connectivity index (χ3n) is 4.83. The number of nitrogens with one attached hydrogen (secondary N) is 2. The van der Waals surface area contributed by atoms with Crippen LogP contribution in [0, 0.1) is 0 Å². The lowest BCUT2D eigenvalue weighted by Crippen LogP contribution is -2.27. The highest BCUT2D eigenvalue weighted by molar-refractivity contribution is 8.14. The van der Waals surface area contributed by atoms with Gasteiger partial charge in [-0.15, -0.1) is 11.8 Å². The molecule has 32 heavy (non-hydrogen) atoms. The van der Waals surface area contributed by atoms with E-state index in [2.05, 4.69) is 20.6 Å². The first-order valence-corrected chi connectivity index (χ1v) is 11.8. The van der Waals surface area contributed by atoms with E-state index in [0.717, 1.165) is 42.2 Å². The van der Waals surface area contributed by atoms with Crippen molar-refractivity contribution in [3.8, 4) is 5.75 Å². The quantitative estimate of drug-likeness (QED) is 0.587. The zero-order valence-corrected chi connectivity index (χ0v) is 19.1. The van der Waals surface area contributed by atoms with Gasteiger partial charge in [0, 0.05) is 24.1 Å². The third-order valence-corrected chi connectivity index (χ3v) is 5.93. The molecule has 1 atom stereocenters. The number of amides is 1. The second-order valence-electron chi connectivity index (χ2n) is 7.03. The zero-order valence-electron chi connectivity index (χ0n) is 18.3. The number of aromatic carboxylic acids is 1. The molecule has 9 heteroatoms. The number of carbonyl (C=O) groups excluding carboxylic acids is 1. The summed E-state index contributed by atoms with van der Waals surface area (Å²) in [7, 11) is 0. The van der Waals surface area contributed by atoms with E-state index in [-0.39, 0.29) is 11.5 Å². The van der Waals surface area contributed by atoms with Crippen LogP contribution < -0.4 is 15.4 Å². The van der Waals surface area contributed by atoms with Gasteiger partial charge >= 0.3 is 5.97 Å². The van der Waals surface area contributed by atoms with Gasteiger partial charge < -0.3 is 20.5 Å². The number of rotatable bonds is 1. The molecule has 1 amide bonds. The molecule has 2 aliphatic heterocycles. The molecule has 1 aromatic carbocycles. The number of thioether (sulfide) groups is 1. The number of hydrogen-bond acceptors (Lipinski definition) is 7. The first-order valence-electron chi connectivity index (χ1n) is 10.8. The number of anilines is 2. The molecular formula is C23H28N4O4S. The predicted octanol–water partition coefficient (Wildman–Crippen LogP) is 4.28. The summed E-state index contributed by atoms with van der Waals surface area (Å²) in [5, 5.41) is 16.2. The highest BCUT2D eigenvalue weighted by Gasteiger charge is 2.27. The van der Waals surface area contributed by atoms with Crippen LogP contribution in [0.4, 0.5) is 11.5 Å². The van der Waals surface area contributed by atoms with Crippen LogP contribution in [0.25, 0.3) is 0 Å².